The summed E-state index contributed by atoms with van der Waals surface area (Å²) in [7, 11) is 0. The van der Waals surface area contributed by atoms with E-state index in [2.05, 4.69) is 12.2 Å². The monoisotopic (exact) mass is 312 g/mol. The van der Waals surface area contributed by atoms with Crippen LogP contribution in [-0.2, 0) is 14.3 Å². The van der Waals surface area contributed by atoms with Crippen LogP contribution in [0.25, 0.3) is 0 Å². The van der Waals surface area contributed by atoms with Crippen LogP contribution >= 0.6 is 0 Å². The third kappa shape index (κ3) is 4.67. The second-order valence-electron chi connectivity index (χ2n) is 6.60. The first kappa shape index (κ1) is 17.7. The first-order valence-electron chi connectivity index (χ1n) is 8.91. The van der Waals surface area contributed by atoms with E-state index in [9.17, 15) is 4.79 Å². The van der Waals surface area contributed by atoms with Crippen molar-refractivity contribution in [3.05, 3.63) is 0 Å². The molecule has 2 fully saturated rings. The molecule has 5 nitrogen and oxygen atoms in total. The Morgan fingerprint density at radius 1 is 1.27 bits per heavy atom. The molecule has 0 radical (unpaired) electrons. The van der Waals surface area contributed by atoms with E-state index in [1.807, 2.05) is 18.7 Å². The molecule has 1 heterocycles. The zero-order valence-electron chi connectivity index (χ0n) is 14.4. The molecule has 2 aliphatic rings. The molecule has 1 saturated carbocycles. The molecular weight excluding hydrogens is 280 g/mol. The normalized spacial score (nSPS) is 25.3. The van der Waals surface area contributed by atoms with Crippen molar-refractivity contribution >= 4 is 5.91 Å². The Labute approximate surface area is 134 Å². The summed E-state index contributed by atoms with van der Waals surface area (Å²) in [6, 6.07) is 0.166. The molecule has 5 heteroatoms. The second kappa shape index (κ2) is 8.27. The average Bonchev–Trinajstić information content (AvgIpc) is 2.90. The van der Waals surface area contributed by atoms with Crippen molar-refractivity contribution in [2.24, 2.45) is 0 Å². The first-order chi connectivity index (χ1) is 10.6. The molecule has 2 atom stereocenters. The van der Waals surface area contributed by atoms with Crippen LogP contribution in [0, 0.1) is 0 Å². The van der Waals surface area contributed by atoms with Crippen molar-refractivity contribution in [1.82, 2.24) is 10.2 Å². The summed E-state index contributed by atoms with van der Waals surface area (Å²) in [6.45, 7) is 9.10. The third-order valence-corrected chi connectivity index (χ3v) is 4.82. The summed E-state index contributed by atoms with van der Waals surface area (Å²) in [6.07, 6.45) is 6.41. The zero-order chi connectivity index (χ0) is 16.0. The van der Waals surface area contributed by atoms with Gasteiger partial charge in [-0.1, -0.05) is 6.42 Å². The molecule has 2 rings (SSSR count). The lowest BCUT2D eigenvalue weighted by Crippen LogP contribution is -2.41. The summed E-state index contributed by atoms with van der Waals surface area (Å²) >= 11 is 0. The molecule has 0 bridgehead atoms. The van der Waals surface area contributed by atoms with Gasteiger partial charge in [0.2, 0.25) is 5.91 Å². The molecule has 1 saturated heterocycles. The van der Waals surface area contributed by atoms with E-state index >= 15 is 0 Å². The van der Waals surface area contributed by atoms with Gasteiger partial charge in [0, 0.05) is 44.9 Å². The van der Waals surface area contributed by atoms with Crippen LogP contribution in [0.2, 0.25) is 0 Å². The van der Waals surface area contributed by atoms with Crippen LogP contribution < -0.4 is 5.32 Å². The third-order valence-electron chi connectivity index (χ3n) is 4.82. The number of carbonyl (C=O) groups excluding carboxylic acids is 1. The van der Waals surface area contributed by atoms with Crippen LogP contribution in [0.4, 0.5) is 0 Å². The zero-order valence-corrected chi connectivity index (χ0v) is 14.4. The van der Waals surface area contributed by atoms with Crippen molar-refractivity contribution in [3.8, 4) is 0 Å². The summed E-state index contributed by atoms with van der Waals surface area (Å²) in [5.41, 5.74) is 0. The van der Waals surface area contributed by atoms with E-state index in [4.69, 9.17) is 9.47 Å². The van der Waals surface area contributed by atoms with Crippen molar-refractivity contribution < 1.29 is 14.3 Å². The van der Waals surface area contributed by atoms with Crippen LogP contribution in [0.15, 0.2) is 0 Å². The largest absolute Gasteiger partial charge is 0.347 e. The van der Waals surface area contributed by atoms with E-state index in [-0.39, 0.29) is 23.8 Å². The molecule has 0 aromatic heterocycles. The fourth-order valence-corrected chi connectivity index (χ4v) is 3.44. The highest BCUT2D eigenvalue weighted by atomic mass is 16.7. The van der Waals surface area contributed by atoms with Crippen LogP contribution in [0.3, 0.4) is 0 Å². The molecule has 128 valence electrons. The highest BCUT2D eigenvalue weighted by Crippen LogP contribution is 2.37. The SMILES string of the molecule is CCN(CC)C(=O)CC(C)NCC1COC2(CCCCC2)O1. The Balaban J connectivity index is 1.68. The Bertz CT molecular complexity index is 352. The second-order valence-corrected chi connectivity index (χ2v) is 6.60. The molecular formula is C17H32N2O3. The summed E-state index contributed by atoms with van der Waals surface area (Å²) < 4.78 is 12.1. The maximum Gasteiger partial charge on any atom is 0.224 e. The maximum absolute atomic E-state index is 12.1. The highest BCUT2D eigenvalue weighted by Gasteiger charge is 2.42. The number of nitrogens with one attached hydrogen (secondary N) is 1. The Morgan fingerprint density at radius 3 is 2.59 bits per heavy atom. The minimum absolute atomic E-state index is 0.115. The van der Waals surface area contributed by atoms with Gasteiger partial charge in [0.25, 0.3) is 0 Å². The van der Waals surface area contributed by atoms with Gasteiger partial charge < -0.3 is 19.7 Å². The van der Waals surface area contributed by atoms with E-state index in [0.717, 1.165) is 32.5 Å². The number of carbonyl (C=O) groups is 1. The molecule has 1 amide bonds. The maximum atomic E-state index is 12.1. The lowest BCUT2D eigenvalue weighted by molar-refractivity contribution is -0.186. The van der Waals surface area contributed by atoms with Crippen molar-refractivity contribution in [3.63, 3.8) is 0 Å². The molecule has 22 heavy (non-hydrogen) atoms. The van der Waals surface area contributed by atoms with Crippen molar-refractivity contribution in [2.45, 2.75) is 77.2 Å². The van der Waals surface area contributed by atoms with E-state index in [1.54, 1.807) is 0 Å². The standard InChI is InChI=1S/C17H32N2O3/c1-4-19(5-2)16(20)11-14(3)18-12-15-13-21-17(22-15)9-7-6-8-10-17/h14-15,18H,4-13H2,1-3H3. The molecule has 1 aliphatic heterocycles. The number of amides is 1. The van der Waals surface area contributed by atoms with Gasteiger partial charge in [-0.25, -0.2) is 0 Å². The van der Waals surface area contributed by atoms with Gasteiger partial charge >= 0.3 is 0 Å². The predicted octanol–water partition coefficient (Wildman–Crippen LogP) is 2.30. The van der Waals surface area contributed by atoms with E-state index in [0.29, 0.717) is 13.0 Å². The molecule has 1 spiro atoms. The van der Waals surface area contributed by atoms with E-state index < -0.39 is 0 Å². The number of ether oxygens (including phenoxy) is 2. The number of rotatable bonds is 7. The van der Waals surface area contributed by atoms with Crippen LogP contribution in [-0.4, -0.2) is 55.0 Å². The van der Waals surface area contributed by atoms with Gasteiger partial charge in [-0.2, -0.15) is 0 Å². The average molecular weight is 312 g/mol. The smallest absolute Gasteiger partial charge is 0.224 e. The fraction of sp³-hybridized carbons (Fsp3) is 0.941. The summed E-state index contributed by atoms with van der Waals surface area (Å²) in [4.78, 5) is 14.0. The Kier molecular flexibility index (Phi) is 6.66. The topological polar surface area (TPSA) is 50.8 Å². The van der Waals surface area contributed by atoms with Gasteiger partial charge in [-0.05, 0) is 33.6 Å². The van der Waals surface area contributed by atoms with Gasteiger partial charge in [-0.15, -0.1) is 0 Å². The lowest BCUT2D eigenvalue weighted by atomic mass is 9.94. The number of hydrogen-bond acceptors (Lipinski definition) is 4. The summed E-state index contributed by atoms with van der Waals surface area (Å²) in [5.74, 6) is -0.0810. The minimum Gasteiger partial charge on any atom is -0.347 e. The predicted molar refractivity (Wildman–Crippen MR) is 86.7 cm³/mol. The Morgan fingerprint density at radius 2 is 1.95 bits per heavy atom. The molecule has 2 unspecified atom stereocenters. The molecule has 0 aromatic rings. The first-order valence-corrected chi connectivity index (χ1v) is 8.91. The minimum atomic E-state index is -0.301. The van der Waals surface area contributed by atoms with Gasteiger partial charge in [0.05, 0.1) is 12.7 Å². The van der Waals surface area contributed by atoms with E-state index in [1.165, 1.54) is 19.3 Å². The fourth-order valence-electron chi connectivity index (χ4n) is 3.44. The number of nitrogens with zero attached hydrogens (tertiary/aromatic N) is 1. The van der Waals surface area contributed by atoms with Crippen molar-refractivity contribution in [2.75, 3.05) is 26.2 Å². The molecule has 1 N–H and O–H groups in total. The summed E-state index contributed by atoms with van der Waals surface area (Å²) in [5, 5.41) is 3.43. The van der Waals surface area contributed by atoms with Gasteiger partial charge in [0.1, 0.15) is 0 Å². The Hall–Kier alpha value is -0.650. The van der Waals surface area contributed by atoms with Crippen LogP contribution in [0.5, 0.6) is 0 Å². The van der Waals surface area contributed by atoms with Crippen LogP contribution in [0.1, 0.15) is 59.3 Å². The highest BCUT2D eigenvalue weighted by molar-refractivity contribution is 5.76. The van der Waals surface area contributed by atoms with Gasteiger partial charge in [-0.3, -0.25) is 4.79 Å². The van der Waals surface area contributed by atoms with Crippen molar-refractivity contribution in [1.29, 1.82) is 0 Å². The molecule has 1 aliphatic carbocycles. The number of hydrogen-bond donors (Lipinski definition) is 1. The lowest BCUT2D eigenvalue weighted by Gasteiger charge is -2.31. The quantitative estimate of drug-likeness (QED) is 0.784. The van der Waals surface area contributed by atoms with Gasteiger partial charge in [0.15, 0.2) is 5.79 Å². The molecule has 0 aromatic carbocycles.